The molecule has 0 heterocycles. The first kappa shape index (κ1) is 12.6. The summed E-state index contributed by atoms with van der Waals surface area (Å²) in [6.07, 6.45) is 8.06. The van der Waals surface area contributed by atoms with Crippen LogP contribution in [0.4, 0.5) is 0 Å². The zero-order valence-electron chi connectivity index (χ0n) is 9.48. The smallest absolute Gasteiger partial charge is 0.323 e. The molecule has 2 unspecified atom stereocenters. The Labute approximate surface area is 95.6 Å². The SMILES string of the molecule is C#CCN(CC(=O)O)C(=O)C1CCCC1C. The topological polar surface area (TPSA) is 57.6 Å². The van der Waals surface area contributed by atoms with E-state index in [-0.39, 0.29) is 24.9 Å². The van der Waals surface area contributed by atoms with E-state index in [1.807, 2.05) is 6.92 Å². The predicted molar refractivity (Wildman–Crippen MR) is 59.6 cm³/mol. The number of terminal acetylenes is 1. The number of hydrogen-bond donors (Lipinski definition) is 1. The molecule has 4 nitrogen and oxygen atoms in total. The van der Waals surface area contributed by atoms with Crippen LogP contribution in [0, 0.1) is 24.2 Å². The van der Waals surface area contributed by atoms with Crippen LogP contribution in [-0.2, 0) is 9.59 Å². The lowest BCUT2D eigenvalue weighted by molar-refractivity contribution is -0.146. The number of carboxylic acid groups (broad SMARTS) is 1. The highest BCUT2D eigenvalue weighted by molar-refractivity contribution is 5.83. The summed E-state index contributed by atoms with van der Waals surface area (Å²) in [6, 6.07) is 0. The minimum absolute atomic E-state index is 0.0484. The first-order valence-corrected chi connectivity index (χ1v) is 5.50. The molecule has 0 aliphatic heterocycles. The number of nitrogens with zero attached hydrogens (tertiary/aromatic N) is 1. The molecule has 0 bridgehead atoms. The van der Waals surface area contributed by atoms with E-state index in [1.165, 1.54) is 4.90 Å². The predicted octanol–water partition coefficient (Wildman–Crippen LogP) is 0.969. The van der Waals surface area contributed by atoms with E-state index in [9.17, 15) is 9.59 Å². The average molecular weight is 223 g/mol. The quantitative estimate of drug-likeness (QED) is 0.722. The van der Waals surface area contributed by atoms with Crippen LogP contribution in [0.3, 0.4) is 0 Å². The largest absolute Gasteiger partial charge is 0.480 e. The Kier molecular flexibility index (Phi) is 4.36. The van der Waals surface area contributed by atoms with Gasteiger partial charge in [0.1, 0.15) is 6.54 Å². The number of amides is 1. The fourth-order valence-corrected chi connectivity index (χ4v) is 2.23. The van der Waals surface area contributed by atoms with Crippen LogP contribution < -0.4 is 0 Å². The molecule has 1 saturated carbocycles. The second kappa shape index (κ2) is 5.55. The normalized spacial score (nSPS) is 23.8. The molecule has 16 heavy (non-hydrogen) atoms. The number of carbonyl (C=O) groups excluding carboxylic acids is 1. The van der Waals surface area contributed by atoms with E-state index in [4.69, 9.17) is 11.5 Å². The van der Waals surface area contributed by atoms with E-state index in [0.717, 1.165) is 19.3 Å². The van der Waals surface area contributed by atoms with Crippen molar-refractivity contribution in [1.82, 2.24) is 4.90 Å². The fourth-order valence-electron chi connectivity index (χ4n) is 2.23. The van der Waals surface area contributed by atoms with Crippen molar-refractivity contribution in [2.24, 2.45) is 11.8 Å². The fraction of sp³-hybridized carbons (Fsp3) is 0.667. The molecule has 0 saturated heterocycles. The van der Waals surface area contributed by atoms with Crippen molar-refractivity contribution in [3.8, 4) is 12.3 Å². The van der Waals surface area contributed by atoms with Gasteiger partial charge in [0.25, 0.3) is 0 Å². The highest BCUT2D eigenvalue weighted by Crippen LogP contribution is 2.32. The van der Waals surface area contributed by atoms with Gasteiger partial charge in [-0.15, -0.1) is 6.42 Å². The molecule has 1 aliphatic carbocycles. The number of aliphatic carboxylic acids is 1. The van der Waals surface area contributed by atoms with E-state index < -0.39 is 5.97 Å². The summed E-state index contributed by atoms with van der Waals surface area (Å²) in [5.41, 5.74) is 0. The summed E-state index contributed by atoms with van der Waals surface area (Å²) in [4.78, 5) is 23.9. The second-order valence-electron chi connectivity index (χ2n) is 4.31. The molecular formula is C12H17NO3. The molecule has 1 rings (SSSR count). The zero-order chi connectivity index (χ0) is 12.1. The van der Waals surface area contributed by atoms with Crippen molar-refractivity contribution in [2.75, 3.05) is 13.1 Å². The van der Waals surface area contributed by atoms with Crippen LogP contribution >= 0.6 is 0 Å². The van der Waals surface area contributed by atoms with Crippen molar-refractivity contribution in [1.29, 1.82) is 0 Å². The lowest BCUT2D eigenvalue weighted by Crippen LogP contribution is -2.40. The van der Waals surface area contributed by atoms with Gasteiger partial charge in [0.05, 0.1) is 6.54 Å². The van der Waals surface area contributed by atoms with Crippen LogP contribution in [-0.4, -0.2) is 35.0 Å². The third kappa shape index (κ3) is 2.99. The Morgan fingerprint density at radius 1 is 1.50 bits per heavy atom. The Morgan fingerprint density at radius 3 is 2.62 bits per heavy atom. The van der Waals surface area contributed by atoms with Crippen LogP contribution in [0.5, 0.6) is 0 Å². The van der Waals surface area contributed by atoms with Crippen LogP contribution in [0.15, 0.2) is 0 Å². The molecule has 0 spiro atoms. The minimum atomic E-state index is -1.02. The molecule has 0 aromatic heterocycles. The van der Waals surface area contributed by atoms with Crippen molar-refractivity contribution in [3.05, 3.63) is 0 Å². The summed E-state index contributed by atoms with van der Waals surface area (Å²) in [5.74, 6) is 1.50. The number of carboxylic acids is 1. The molecule has 0 radical (unpaired) electrons. The van der Waals surface area contributed by atoms with Gasteiger partial charge in [-0.05, 0) is 18.8 Å². The number of hydrogen-bond acceptors (Lipinski definition) is 2. The molecule has 4 heteroatoms. The lowest BCUT2D eigenvalue weighted by atomic mass is 9.96. The van der Waals surface area contributed by atoms with Crippen molar-refractivity contribution in [2.45, 2.75) is 26.2 Å². The van der Waals surface area contributed by atoms with Crippen molar-refractivity contribution >= 4 is 11.9 Å². The van der Waals surface area contributed by atoms with Gasteiger partial charge in [0.2, 0.25) is 5.91 Å². The summed E-state index contributed by atoms with van der Waals surface area (Å²) >= 11 is 0. The molecule has 0 aromatic carbocycles. The summed E-state index contributed by atoms with van der Waals surface area (Å²) < 4.78 is 0. The van der Waals surface area contributed by atoms with Gasteiger partial charge >= 0.3 is 5.97 Å². The van der Waals surface area contributed by atoms with Gasteiger partial charge in [-0.25, -0.2) is 0 Å². The molecule has 88 valence electrons. The van der Waals surface area contributed by atoms with Gasteiger partial charge in [-0.2, -0.15) is 0 Å². The monoisotopic (exact) mass is 223 g/mol. The molecule has 2 atom stereocenters. The van der Waals surface area contributed by atoms with Crippen molar-refractivity contribution < 1.29 is 14.7 Å². The van der Waals surface area contributed by atoms with Gasteiger partial charge in [0, 0.05) is 5.92 Å². The molecule has 1 aliphatic rings. The molecule has 1 amide bonds. The Morgan fingerprint density at radius 2 is 2.19 bits per heavy atom. The van der Waals surface area contributed by atoms with Gasteiger partial charge < -0.3 is 10.0 Å². The van der Waals surface area contributed by atoms with E-state index >= 15 is 0 Å². The molecule has 1 fully saturated rings. The standard InChI is InChI=1S/C12H17NO3/c1-3-7-13(8-11(14)15)12(16)10-6-4-5-9(10)2/h1,9-10H,4-8H2,2H3,(H,14,15). The van der Waals surface area contributed by atoms with Gasteiger partial charge in [-0.1, -0.05) is 19.3 Å². The first-order valence-electron chi connectivity index (χ1n) is 5.50. The summed E-state index contributed by atoms with van der Waals surface area (Å²) in [6.45, 7) is 1.81. The Hall–Kier alpha value is -1.50. The van der Waals surface area contributed by atoms with E-state index in [0.29, 0.717) is 5.92 Å². The number of carbonyl (C=O) groups is 2. The maximum atomic E-state index is 12.0. The first-order chi connectivity index (χ1) is 7.56. The Balaban J connectivity index is 2.66. The molecule has 0 aromatic rings. The third-order valence-electron chi connectivity index (χ3n) is 3.10. The zero-order valence-corrected chi connectivity index (χ0v) is 9.48. The highest BCUT2D eigenvalue weighted by atomic mass is 16.4. The molecular weight excluding hydrogens is 206 g/mol. The number of rotatable bonds is 4. The highest BCUT2D eigenvalue weighted by Gasteiger charge is 2.33. The van der Waals surface area contributed by atoms with Gasteiger partial charge in [0.15, 0.2) is 0 Å². The average Bonchev–Trinajstić information content (AvgIpc) is 2.62. The minimum Gasteiger partial charge on any atom is -0.480 e. The van der Waals surface area contributed by atoms with Gasteiger partial charge in [-0.3, -0.25) is 9.59 Å². The van der Waals surface area contributed by atoms with E-state index in [1.54, 1.807) is 0 Å². The lowest BCUT2D eigenvalue weighted by Gasteiger charge is -2.24. The third-order valence-corrected chi connectivity index (χ3v) is 3.10. The maximum Gasteiger partial charge on any atom is 0.323 e. The maximum absolute atomic E-state index is 12.0. The second-order valence-corrected chi connectivity index (χ2v) is 4.31. The summed E-state index contributed by atoms with van der Waals surface area (Å²) in [7, 11) is 0. The van der Waals surface area contributed by atoms with Crippen LogP contribution in [0.1, 0.15) is 26.2 Å². The Bertz CT molecular complexity index is 319. The van der Waals surface area contributed by atoms with Crippen LogP contribution in [0.25, 0.3) is 0 Å². The molecule has 1 N–H and O–H groups in total. The van der Waals surface area contributed by atoms with E-state index in [2.05, 4.69) is 5.92 Å². The van der Waals surface area contributed by atoms with Crippen LogP contribution in [0.2, 0.25) is 0 Å². The van der Waals surface area contributed by atoms with Crippen molar-refractivity contribution in [3.63, 3.8) is 0 Å². The summed E-state index contributed by atoms with van der Waals surface area (Å²) in [5, 5.41) is 8.71.